The summed E-state index contributed by atoms with van der Waals surface area (Å²) in [6.45, 7) is 0. The molecule has 1 atom stereocenters. The Morgan fingerprint density at radius 2 is 2.38 bits per heavy atom. The van der Waals surface area contributed by atoms with E-state index in [1.165, 1.54) is 6.42 Å². The van der Waals surface area contributed by atoms with Gasteiger partial charge in [0.1, 0.15) is 8.83 Å². The summed E-state index contributed by atoms with van der Waals surface area (Å²) in [6.07, 6.45) is 9.73. The minimum Gasteiger partial charge on any atom is -0.176 e. The zero-order valence-electron chi connectivity index (χ0n) is 4.68. The molecule has 2 heteroatoms. The summed E-state index contributed by atoms with van der Waals surface area (Å²) in [5, 5.41) is 0. The summed E-state index contributed by atoms with van der Waals surface area (Å²) >= 11 is 5.73. The Kier molecular flexibility index (Phi) is 2.37. The van der Waals surface area contributed by atoms with Crippen molar-refractivity contribution in [1.82, 2.24) is 0 Å². The summed E-state index contributed by atoms with van der Waals surface area (Å²) in [7, 11) is -0.298. The molecule has 0 bridgehead atoms. The van der Waals surface area contributed by atoms with Crippen LogP contribution < -0.4 is 0 Å². The highest BCUT2D eigenvalue weighted by atomic mass is 35.6. The van der Waals surface area contributed by atoms with Crippen LogP contribution in [0.2, 0.25) is 5.54 Å². The van der Waals surface area contributed by atoms with Crippen LogP contribution in [0.4, 0.5) is 0 Å². The first-order valence-electron chi connectivity index (χ1n) is 2.83. The van der Waals surface area contributed by atoms with E-state index in [9.17, 15) is 0 Å². The largest absolute Gasteiger partial charge is 0.176 e. The van der Waals surface area contributed by atoms with Crippen molar-refractivity contribution in [3.05, 3.63) is 24.3 Å². The maximum atomic E-state index is 5.73. The van der Waals surface area contributed by atoms with Gasteiger partial charge in [0, 0.05) is 0 Å². The molecule has 1 aliphatic carbocycles. The predicted molar refractivity (Wildman–Crippen MR) is 41.0 cm³/mol. The second kappa shape index (κ2) is 3.10. The van der Waals surface area contributed by atoms with Gasteiger partial charge in [-0.1, -0.05) is 24.3 Å². The van der Waals surface area contributed by atoms with Gasteiger partial charge in [0.05, 0.1) is 0 Å². The molecule has 0 aromatic rings. The van der Waals surface area contributed by atoms with E-state index in [1.807, 2.05) is 0 Å². The lowest BCUT2D eigenvalue weighted by Crippen LogP contribution is -1.93. The van der Waals surface area contributed by atoms with Crippen LogP contribution in [-0.4, -0.2) is 8.83 Å². The molecule has 44 valence electrons. The lowest BCUT2D eigenvalue weighted by atomic mass is 10.2. The van der Waals surface area contributed by atoms with Crippen LogP contribution in [0.5, 0.6) is 0 Å². The van der Waals surface area contributed by atoms with Crippen molar-refractivity contribution in [3.8, 4) is 0 Å². The maximum absolute atomic E-state index is 5.73. The highest BCUT2D eigenvalue weighted by molar-refractivity contribution is 6.94. The van der Waals surface area contributed by atoms with Gasteiger partial charge in [0.15, 0.2) is 0 Å². The molecule has 0 aliphatic heterocycles. The first-order valence-corrected chi connectivity index (χ1v) is 5.78. The standard InChI is InChI=1S/C6H9ClSi/c7-8-6-4-2-1-3-5-6/h1-4,6H,5,8H2. The fourth-order valence-electron chi connectivity index (χ4n) is 0.746. The Morgan fingerprint density at radius 1 is 1.50 bits per heavy atom. The Morgan fingerprint density at radius 3 is 2.75 bits per heavy atom. The maximum Gasteiger partial charge on any atom is 0.132 e. The number of hydrogen-bond donors (Lipinski definition) is 0. The van der Waals surface area contributed by atoms with Gasteiger partial charge >= 0.3 is 0 Å². The summed E-state index contributed by atoms with van der Waals surface area (Å²) in [5.41, 5.74) is 0.724. The molecule has 0 radical (unpaired) electrons. The fourth-order valence-corrected chi connectivity index (χ4v) is 2.01. The third kappa shape index (κ3) is 1.49. The molecule has 0 fully saturated rings. The molecule has 1 aliphatic rings. The van der Waals surface area contributed by atoms with Gasteiger partial charge in [-0.15, -0.1) is 0 Å². The van der Waals surface area contributed by atoms with Crippen LogP contribution >= 0.6 is 11.1 Å². The fraction of sp³-hybridized carbons (Fsp3) is 0.333. The smallest absolute Gasteiger partial charge is 0.132 e. The van der Waals surface area contributed by atoms with Crippen molar-refractivity contribution in [3.63, 3.8) is 0 Å². The van der Waals surface area contributed by atoms with E-state index in [4.69, 9.17) is 11.1 Å². The molecule has 0 nitrogen and oxygen atoms in total. The van der Waals surface area contributed by atoms with Gasteiger partial charge in [-0.2, -0.15) is 11.1 Å². The second-order valence-electron chi connectivity index (χ2n) is 1.96. The average molecular weight is 145 g/mol. The molecule has 1 rings (SSSR count). The Bertz CT molecular complexity index is 118. The minimum absolute atomic E-state index is 0.298. The topological polar surface area (TPSA) is 0 Å². The zero-order chi connectivity index (χ0) is 5.82. The van der Waals surface area contributed by atoms with Crippen LogP contribution in [0.15, 0.2) is 24.3 Å². The van der Waals surface area contributed by atoms with Crippen LogP contribution in [0.3, 0.4) is 0 Å². The van der Waals surface area contributed by atoms with Gasteiger partial charge in [0.2, 0.25) is 0 Å². The molecular formula is C6H9ClSi. The van der Waals surface area contributed by atoms with Crippen LogP contribution in [0.1, 0.15) is 6.42 Å². The molecule has 0 aromatic carbocycles. The van der Waals surface area contributed by atoms with Gasteiger partial charge in [-0.25, -0.2) is 0 Å². The van der Waals surface area contributed by atoms with Gasteiger partial charge in [-0.3, -0.25) is 0 Å². The number of rotatable bonds is 1. The minimum atomic E-state index is -0.298. The number of hydrogen-bond acceptors (Lipinski definition) is 0. The Balaban J connectivity index is 2.40. The van der Waals surface area contributed by atoms with E-state index in [-0.39, 0.29) is 8.83 Å². The van der Waals surface area contributed by atoms with Crippen molar-refractivity contribution >= 4 is 19.9 Å². The van der Waals surface area contributed by atoms with E-state index in [0.29, 0.717) is 0 Å². The average Bonchev–Trinajstić information content (AvgIpc) is 1.90. The first-order chi connectivity index (χ1) is 3.93. The van der Waals surface area contributed by atoms with E-state index < -0.39 is 0 Å². The summed E-state index contributed by atoms with van der Waals surface area (Å²) in [6, 6.07) is 0. The number of halogens is 1. The highest BCUT2D eigenvalue weighted by Gasteiger charge is 2.01. The van der Waals surface area contributed by atoms with E-state index in [0.717, 1.165) is 5.54 Å². The van der Waals surface area contributed by atoms with Crippen LogP contribution in [0.25, 0.3) is 0 Å². The van der Waals surface area contributed by atoms with Gasteiger partial charge in [0.25, 0.3) is 0 Å². The normalized spacial score (nSPS) is 27.9. The van der Waals surface area contributed by atoms with Gasteiger partial charge < -0.3 is 0 Å². The molecule has 0 saturated carbocycles. The van der Waals surface area contributed by atoms with Crippen molar-refractivity contribution in [1.29, 1.82) is 0 Å². The van der Waals surface area contributed by atoms with Crippen molar-refractivity contribution in [2.24, 2.45) is 0 Å². The molecule has 0 amide bonds. The third-order valence-corrected chi connectivity index (χ3v) is 3.46. The zero-order valence-corrected chi connectivity index (χ0v) is 6.85. The number of allylic oxidation sites excluding steroid dienone is 4. The molecule has 0 saturated heterocycles. The van der Waals surface area contributed by atoms with Crippen molar-refractivity contribution < 1.29 is 0 Å². The molecular weight excluding hydrogens is 136 g/mol. The van der Waals surface area contributed by atoms with Gasteiger partial charge in [-0.05, 0) is 12.0 Å². The van der Waals surface area contributed by atoms with E-state index >= 15 is 0 Å². The summed E-state index contributed by atoms with van der Waals surface area (Å²) in [5.74, 6) is 0. The quantitative estimate of drug-likeness (QED) is 0.388. The highest BCUT2D eigenvalue weighted by Crippen LogP contribution is 2.16. The molecule has 0 N–H and O–H groups in total. The second-order valence-corrected chi connectivity index (χ2v) is 4.25. The monoisotopic (exact) mass is 144 g/mol. The van der Waals surface area contributed by atoms with Crippen LogP contribution in [0, 0.1) is 0 Å². The lowest BCUT2D eigenvalue weighted by Gasteiger charge is -2.05. The first kappa shape index (κ1) is 6.11. The summed E-state index contributed by atoms with van der Waals surface area (Å²) < 4.78 is 0. The lowest BCUT2D eigenvalue weighted by molar-refractivity contribution is 1.02. The SMILES string of the molecule is Cl[SiH2]C1C=CC=CC1. The van der Waals surface area contributed by atoms with E-state index in [2.05, 4.69) is 24.3 Å². The molecule has 0 aromatic heterocycles. The molecule has 1 unspecified atom stereocenters. The Labute approximate surface area is 56.8 Å². The predicted octanol–water partition coefficient (Wildman–Crippen LogP) is 1.61. The Hall–Kier alpha value is -0.0131. The molecule has 0 spiro atoms. The van der Waals surface area contributed by atoms with E-state index in [1.54, 1.807) is 0 Å². The molecule has 8 heavy (non-hydrogen) atoms. The van der Waals surface area contributed by atoms with Crippen LogP contribution in [-0.2, 0) is 0 Å². The third-order valence-electron chi connectivity index (χ3n) is 1.27. The van der Waals surface area contributed by atoms with Crippen molar-refractivity contribution in [2.75, 3.05) is 0 Å². The molecule has 0 heterocycles. The van der Waals surface area contributed by atoms with Crippen molar-refractivity contribution in [2.45, 2.75) is 12.0 Å². The summed E-state index contributed by atoms with van der Waals surface area (Å²) in [4.78, 5) is 0.